The standard InChI is InChI=1S/C32H65BrO2/c1-8-9-10-11-12-13-19-34-26-35-20-15-17-28(3)22-30(5)24-32(7)25-31(6)23-29(4)21-27(2)16-14-18-33/h27-32H,8-26H2,1-7H3. The molecule has 212 valence electrons. The van der Waals surface area contributed by atoms with Gasteiger partial charge >= 0.3 is 0 Å². The van der Waals surface area contributed by atoms with E-state index in [1.165, 1.54) is 89.9 Å². The Kier molecular flexibility index (Phi) is 25.0. The summed E-state index contributed by atoms with van der Waals surface area (Å²) in [6.45, 7) is 19.2. The zero-order valence-electron chi connectivity index (χ0n) is 25.1. The lowest BCUT2D eigenvalue weighted by Crippen LogP contribution is -2.13. The van der Waals surface area contributed by atoms with E-state index in [0.717, 1.165) is 60.5 Å². The van der Waals surface area contributed by atoms with Crippen LogP contribution in [0.3, 0.4) is 0 Å². The first-order chi connectivity index (χ1) is 16.8. The van der Waals surface area contributed by atoms with Crippen LogP contribution in [-0.4, -0.2) is 25.3 Å². The van der Waals surface area contributed by atoms with Gasteiger partial charge in [-0.2, -0.15) is 0 Å². The van der Waals surface area contributed by atoms with Gasteiger partial charge in [0.1, 0.15) is 6.79 Å². The lowest BCUT2D eigenvalue weighted by atomic mass is 9.81. The molecule has 0 aliphatic heterocycles. The number of ether oxygens (including phenoxy) is 2. The van der Waals surface area contributed by atoms with Crippen LogP contribution < -0.4 is 0 Å². The van der Waals surface area contributed by atoms with Crippen molar-refractivity contribution in [2.24, 2.45) is 35.5 Å². The first kappa shape index (κ1) is 35.4. The molecular formula is C32H65BrO2. The molecule has 0 aromatic heterocycles. The molecule has 0 aromatic rings. The molecule has 0 saturated heterocycles. The third-order valence-corrected chi connectivity index (χ3v) is 8.21. The topological polar surface area (TPSA) is 18.5 Å². The number of halogens is 1. The molecule has 0 radical (unpaired) electrons. The minimum Gasteiger partial charge on any atom is -0.355 e. The summed E-state index contributed by atoms with van der Waals surface area (Å²) in [5, 5.41) is 1.15. The highest BCUT2D eigenvalue weighted by molar-refractivity contribution is 9.09. The Bertz CT molecular complexity index is 430. The Morgan fingerprint density at radius 1 is 0.486 bits per heavy atom. The van der Waals surface area contributed by atoms with Crippen molar-refractivity contribution in [2.75, 3.05) is 25.3 Å². The summed E-state index contributed by atoms with van der Waals surface area (Å²) in [5.41, 5.74) is 0. The van der Waals surface area contributed by atoms with Crippen molar-refractivity contribution < 1.29 is 9.47 Å². The van der Waals surface area contributed by atoms with Gasteiger partial charge in [-0.1, -0.05) is 96.5 Å². The van der Waals surface area contributed by atoms with Crippen molar-refractivity contribution in [2.45, 2.75) is 145 Å². The van der Waals surface area contributed by atoms with Crippen LogP contribution in [0.5, 0.6) is 0 Å². The summed E-state index contributed by atoms with van der Waals surface area (Å²) in [6.07, 6.45) is 19.9. The molecule has 0 fully saturated rings. The average Bonchev–Trinajstić information content (AvgIpc) is 2.77. The second-order valence-electron chi connectivity index (χ2n) is 12.5. The molecule has 0 aliphatic carbocycles. The summed E-state index contributed by atoms with van der Waals surface area (Å²) in [5.74, 6) is 5.06. The third kappa shape index (κ3) is 24.5. The third-order valence-electron chi connectivity index (χ3n) is 7.65. The van der Waals surface area contributed by atoms with E-state index in [9.17, 15) is 0 Å². The van der Waals surface area contributed by atoms with Crippen LogP contribution in [0.15, 0.2) is 0 Å². The number of rotatable bonds is 26. The number of hydrogen-bond acceptors (Lipinski definition) is 2. The van der Waals surface area contributed by atoms with Crippen LogP contribution in [0.4, 0.5) is 0 Å². The monoisotopic (exact) mass is 560 g/mol. The van der Waals surface area contributed by atoms with Crippen LogP contribution >= 0.6 is 15.9 Å². The first-order valence-electron chi connectivity index (χ1n) is 15.5. The molecule has 0 heterocycles. The first-order valence-corrected chi connectivity index (χ1v) is 16.6. The van der Waals surface area contributed by atoms with Crippen molar-refractivity contribution in [3.63, 3.8) is 0 Å². The van der Waals surface area contributed by atoms with Gasteiger partial charge in [-0.05, 0) is 99.7 Å². The fraction of sp³-hybridized carbons (Fsp3) is 1.00. The Labute approximate surface area is 230 Å². The molecule has 2 nitrogen and oxygen atoms in total. The van der Waals surface area contributed by atoms with E-state index >= 15 is 0 Å². The number of unbranched alkanes of at least 4 members (excludes halogenated alkanes) is 5. The molecular weight excluding hydrogens is 496 g/mol. The summed E-state index contributed by atoms with van der Waals surface area (Å²) < 4.78 is 11.3. The highest BCUT2D eigenvalue weighted by Crippen LogP contribution is 2.29. The molecule has 0 amide bonds. The Hall–Kier alpha value is 0.400. The maximum absolute atomic E-state index is 5.69. The van der Waals surface area contributed by atoms with Crippen molar-refractivity contribution in [1.29, 1.82) is 0 Å². The predicted octanol–water partition coefficient (Wildman–Crippen LogP) is 11.1. The maximum atomic E-state index is 5.69. The molecule has 35 heavy (non-hydrogen) atoms. The van der Waals surface area contributed by atoms with Crippen molar-refractivity contribution >= 4 is 15.9 Å². The van der Waals surface area contributed by atoms with Crippen LogP contribution in [-0.2, 0) is 9.47 Å². The van der Waals surface area contributed by atoms with E-state index in [2.05, 4.69) is 64.4 Å². The second-order valence-corrected chi connectivity index (χ2v) is 13.3. The lowest BCUT2D eigenvalue weighted by Gasteiger charge is -2.25. The summed E-state index contributed by atoms with van der Waals surface area (Å²) >= 11 is 3.57. The van der Waals surface area contributed by atoms with Crippen molar-refractivity contribution in [1.82, 2.24) is 0 Å². The van der Waals surface area contributed by atoms with Crippen LogP contribution in [0.1, 0.15) is 145 Å². The number of alkyl halides is 1. The smallest absolute Gasteiger partial charge is 0.146 e. The minimum absolute atomic E-state index is 0.476. The van der Waals surface area contributed by atoms with Crippen molar-refractivity contribution in [3.8, 4) is 0 Å². The zero-order valence-corrected chi connectivity index (χ0v) is 26.7. The van der Waals surface area contributed by atoms with Gasteiger partial charge in [0.2, 0.25) is 0 Å². The Morgan fingerprint density at radius 3 is 1.37 bits per heavy atom. The van der Waals surface area contributed by atoms with Gasteiger partial charge in [0.25, 0.3) is 0 Å². The minimum atomic E-state index is 0.476. The fourth-order valence-corrected chi connectivity index (χ4v) is 6.50. The second kappa shape index (κ2) is 24.7. The SMILES string of the molecule is CCCCCCCCOCOCCCC(C)CC(C)CC(C)CC(C)CC(C)CC(C)CCCBr. The Balaban J connectivity index is 3.73. The fourth-order valence-electron chi connectivity index (χ4n) is 6.18. The van der Waals surface area contributed by atoms with Gasteiger partial charge in [0.15, 0.2) is 0 Å². The molecule has 0 spiro atoms. The summed E-state index contributed by atoms with van der Waals surface area (Å²) in [6, 6.07) is 0. The van der Waals surface area contributed by atoms with Gasteiger partial charge in [-0.3, -0.25) is 0 Å². The normalized spacial score (nSPS) is 17.1. The van der Waals surface area contributed by atoms with Gasteiger partial charge in [0.05, 0.1) is 0 Å². The predicted molar refractivity (Wildman–Crippen MR) is 160 cm³/mol. The molecule has 6 unspecified atom stereocenters. The molecule has 0 aromatic carbocycles. The average molecular weight is 562 g/mol. The van der Waals surface area contributed by atoms with Crippen LogP contribution in [0.25, 0.3) is 0 Å². The highest BCUT2D eigenvalue weighted by atomic mass is 79.9. The van der Waals surface area contributed by atoms with Crippen LogP contribution in [0, 0.1) is 35.5 Å². The van der Waals surface area contributed by atoms with E-state index in [1.54, 1.807) is 0 Å². The zero-order chi connectivity index (χ0) is 26.3. The van der Waals surface area contributed by atoms with E-state index in [-0.39, 0.29) is 0 Å². The molecule has 0 bridgehead atoms. The molecule has 0 rings (SSSR count). The molecule has 0 saturated carbocycles. The van der Waals surface area contributed by atoms with Crippen LogP contribution in [0.2, 0.25) is 0 Å². The lowest BCUT2D eigenvalue weighted by molar-refractivity contribution is -0.0561. The molecule has 0 N–H and O–H groups in total. The Morgan fingerprint density at radius 2 is 0.886 bits per heavy atom. The van der Waals surface area contributed by atoms with E-state index in [0.29, 0.717) is 6.79 Å². The van der Waals surface area contributed by atoms with Gasteiger partial charge in [-0.25, -0.2) is 0 Å². The summed E-state index contributed by atoms with van der Waals surface area (Å²) in [7, 11) is 0. The van der Waals surface area contributed by atoms with E-state index in [4.69, 9.17) is 9.47 Å². The largest absolute Gasteiger partial charge is 0.355 e. The maximum Gasteiger partial charge on any atom is 0.146 e. The van der Waals surface area contributed by atoms with Gasteiger partial charge in [-0.15, -0.1) is 0 Å². The van der Waals surface area contributed by atoms with Gasteiger partial charge < -0.3 is 9.47 Å². The summed E-state index contributed by atoms with van der Waals surface area (Å²) in [4.78, 5) is 0. The molecule has 3 heteroatoms. The molecule has 0 aliphatic rings. The van der Waals surface area contributed by atoms with E-state index in [1.807, 2.05) is 0 Å². The highest BCUT2D eigenvalue weighted by Gasteiger charge is 2.17. The van der Waals surface area contributed by atoms with Gasteiger partial charge in [0, 0.05) is 18.5 Å². The number of hydrogen-bond donors (Lipinski definition) is 0. The molecule has 6 atom stereocenters. The van der Waals surface area contributed by atoms with E-state index < -0.39 is 0 Å². The van der Waals surface area contributed by atoms with Crippen molar-refractivity contribution in [3.05, 3.63) is 0 Å². The quantitative estimate of drug-likeness (QED) is 0.0594.